The van der Waals surface area contributed by atoms with Gasteiger partial charge in [0.2, 0.25) is 5.91 Å². The predicted molar refractivity (Wildman–Crippen MR) is 69.6 cm³/mol. The summed E-state index contributed by atoms with van der Waals surface area (Å²) in [5.74, 6) is 0.485. The molecule has 3 rings (SSSR count). The number of ketones is 1. The number of hydrogen-bond donors (Lipinski definition) is 1. The first-order valence-corrected chi connectivity index (χ1v) is 6.44. The molecule has 0 saturated heterocycles. The second-order valence-electron chi connectivity index (χ2n) is 6.03. The fraction of sp³-hybridized carbons (Fsp3) is 0.467. The standard InChI is InChI=1S/C15H17NO2/c1-15(2)8-11(15)14(18)10-3-5-12-9(7-10)4-6-13(17)16-12/h3,5,7,11H,4,6,8H2,1-2H3,(H,16,17). The molecule has 1 heterocycles. The molecule has 0 spiro atoms. The second-order valence-corrected chi connectivity index (χ2v) is 6.03. The summed E-state index contributed by atoms with van der Waals surface area (Å²) in [6, 6.07) is 5.64. The smallest absolute Gasteiger partial charge is 0.224 e. The molecule has 0 bridgehead atoms. The van der Waals surface area contributed by atoms with E-state index in [-0.39, 0.29) is 23.0 Å². The maximum atomic E-state index is 12.3. The number of benzene rings is 1. The van der Waals surface area contributed by atoms with Gasteiger partial charge in [-0.15, -0.1) is 0 Å². The highest BCUT2D eigenvalue weighted by Crippen LogP contribution is 2.53. The van der Waals surface area contributed by atoms with Crippen LogP contribution in [0.1, 0.15) is 42.6 Å². The molecule has 94 valence electrons. The minimum atomic E-state index is 0.0601. The third-order valence-electron chi connectivity index (χ3n) is 4.12. The Balaban J connectivity index is 1.87. The summed E-state index contributed by atoms with van der Waals surface area (Å²) in [6.45, 7) is 4.27. The Hall–Kier alpha value is -1.64. The molecule has 18 heavy (non-hydrogen) atoms. The number of hydrogen-bond acceptors (Lipinski definition) is 2. The molecule has 1 atom stereocenters. The topological polar surface area (TPSA) is 46.2 Å². The summed E-state index contributed by atoms with van der Waals surface area (Å²) in [5.41, 5.74) is 2.90. The maximum absolute atomic E-state index is 12.3. The lowest BCUT2D eigenvalue weighted by Crippen LogP contribution is -2.19. The number of rotatable bonds is 2. The van der Waals surface area contributed by atoms with Gasteiger partial charge in [-0.2, -0.15) is 0 Å². The molecule has 1 amide bonds. The average molecular weight is 243 g/mol. The normalized spacial score (nSPS) is 24.1. The molecule has 1 N–H and O–H groups in total. The largest absolute Gasteiger partial charge is 0.326 e. The van der Waals surface area contributed by atoms with Crippen LogP contribution in [0.3, 0.4) is 0 Å². The number of carbonyl (C=O) groups is 2. The molecule has 1 aromatic rings. The summed E-state index contributed by atoms with van der Waals surface area (Å²) in [6.07, 6.45) is 2.23. The van der Waals surface area contributed by atoms with E-state index >= 15 is 0 Å². The van der Waals surface area contributed by atoms with Crippen LogP contribution in [0.5, 0.6) is 0 Å². The van der Waals surface area contributed by atoms with Crippen LogP contribution in [0.4, 0.5) is 5.69 Å². The predicted octanol–water partition coefficient (Wildman–Crippen LogP) is 2.80. The van der Waals surface area contributed by atoms with E-state index in [1.165, 1.54) is 0 Å². The number of aryl methyl sites for hydroxylation is 1. The Labute approximate surface area is 107 Å². The molecule has 2 aliphatic rings. The van der Waals surface area contributed by atoms with Crippen molar-refractivity contribution in [2.45, 2.75) is 33.1 Å². The Morgan fingerprint density at radius 1 is 1.33 bits per heavy atom. The lowest BCUT2D eigenvalue weighted by Gasteiger charge is -2.17. The zero-order valence-corrected chi connectivity index (χ0v) is 10.7. The van der Waals surface area contributed by atoms with Crippen molar-refractivity contribution in [3.8, 4) is 0 Å². The molecule has 1 aliphatic heterocycles. The third kappa shape index (κ3) is 1.84. The van der Waals surface area contributed by atoms with Gasteiger partial charge in [-0.05, 0) is 42.0 Å². The van der Waals surface area contributed by atoms with Crippen molar-refractivity contribution in [2.24, 2.45) is 11.3 Å². The monoisotopic (exact) mass is 243 g/mol. The zero-order valence-electron chi connectivity index (χ0n) is 10.7. The summed E-state index contributed by atoms with van der Waals surface area (Å²) in [7, 11) is 0. The molecular formula is C15H17NO2. The minimum Gasteiger partial charge on any atom is -0.326 e. The number of Topliss-reactive ketones (excluding diaryl/α,β-unsaturated/α-hetero) is 1. The maximum Gasteiger partial charge on any atom is 0.224 e. The van der Waals surface area contributed by atoms with Crippen LogP contribution in [-0.2, 0) is 11.2 Å². The van der Waals surface area contributed by atoms with Crippen molar-refractivity contribution in [1.82, 2.24) is 0 Å². The third-order valence-corrected chi connectivity index (χ3v) is 4.12. The molecular weight excluding hydrogens is 226 g/mol. The van der Waals surface area contributed by atoms with Gasteiger partial charge in [0.05, 0.1) is 0 Å². The average Bonchev–Trinajstić information content (AvgIpc) is 2.97. The summed E-state index contributed by atoms with van der Waals surface area (Å²) >= 11 is 0. The quantitative estimate of drug-likeness (QED) is 0.812. The molecule has 3 heteroatoms. The van der Waals surface area contributed by atoms with Crippen molar-refractivity contribution in [2.75, 3.05) is 5.32 Å². The highest BCUT2D eigenvalue weighted by Gasteiger charge is 2.50. The van der Waals surface area contributed by atoms with Crippen LogP contribution >= 0.6 is 0 Å². The van der Waals surface area contributed by atoms with Gasteiger partial charge in [-0.1, -0.05) is 13.8 Å². The number of anilines is 1. The summed E-state index contributed by atoms with van der Waals surface area (Å²) in [5, 5.41) is 2.84. The van der Waals surface area contributed by atoms with Crippen molar-refractivity contribution in [3.63, 3.8) is 0 Å². The van der Waals surface area contributed by atoms with Crippen molar-refractivity contribution >= 4 is 17.4 Å². The summed E-state index contributed by atoms with van der Waals surface area (Å²) < 4.78 is 0. The van der Waals surface area contributed by atoms with E-state index in [0.29, 0.717) is 6.42 Å². The van der Waals surface area contributed by atoms with E-state index in [4.69, 9.17) is 0 Å². The van der Waals surface area contributed by atoms with Gasteiger partial charge in [0.25, 0.3) is 0 Å². The van der Waals surface area contributed by atoms with Crippen LogP contribution in [-0.4, -0.2) is 11.7 Å². The van der Waals surface area contributed by atoms with Gasteiger partial charge in [0, 0.05) is 23.6 Å². The van der Waals surface area contributed by atoms with Crippen LogP contribution in [0, 0.1) is 11.3 Å². The van der Waals surface area contributed by atoms with Gasteiger partial charge in [-0.3, -0.25) is 9.59 Å². The zero-order chi connectivity index (χ0) is 12.9. The number of nitrogens with one attached hydrogen (secondary N) is 1. The Kier molecular flexibility index (Phi) is 2.34. The Bertz CT molecular complexity index is 545. The fourth-order valence-corrected chi connectivity index (χ4v) is 2.65. The van der Waals surface area contributed by atoms with Crippen molar-refractivity contribution < 1.29 is 9.59 Å². The Morgan fingerprint density at radius 3 is 2.72 bits per heavy atom. The van der Waals surface area contributed by atoms with Gasteiger partial charge in [0.1, 0.15) is 0 Å². The molecule has 0 aromatic heterocycles. The van der Waals surface area contributed by atoms with E-state index in [1.807, 2.05) is 18.2 Å². The number of fused-ring (bicyclic) bond motifs is 1. The molecule has 1 fully saturated rings. The van der Waals surface area contributed by atoms with Gasteiger partial charge in [0.15, 0.2) is 5.78 Å². The first-order valence-electron chi connectivity index (χ1n) is 6.44. The Morgan fingerprint density at radius 2 is 2.06 bits per heavy atom. The lowest BCUT2D eigenvalue weighted by atomic mass is 9.96. The van der Waals surface area contributed by atoms with E-state index < -0.39 is 0 Å². The van der Waals surface area contributed by atoms with Gasteiger partial charge in [-0.25, -0.2) is 0 Å². The second kappa shape index (κ2) is 3.67. The van der Waals surface area contributed by atoms with Crippen LogP contribution in [0.25, 0.3) is 0 Å². The molecule has 0 radical (unpaired) electrons. The lowest BCUT2D eigenvalue weighted by molar-refractivity contribution is -0.116. The van der Waals surface area contributed by atoms with E-state index in [1.54, 1.807) is 0 Å². The van der Waals surface area contributed by atoms with Gasteiger partial charge >= 0.3 is 0 Å². The van der Waals surface area contributed by atoms with Crippen molar-refractivity contribution in [1.29, 1.82) is 0 Å². The molecule has 1 unspecified atom stereocenters. The van der Waals surface area contributed by atoms with E-state index in [9.17, 15) is 9.59 Å². The molecule has 1 saturated carbocycles. The van der Waals surface area contributed by atoms with E-state index in [2.05, 4.69) is 19.2 Å². The SMILES string of the molecule is CC1(C)CC1C(=O)c1ccc2c(c1)CCC(=O)N2. The first-order chi connectivity index (χ1) is 8.47. The molecule has 1 aliphatic carbocycles. The van der Waals surface area contributed by atoms with Crippen molar-refractivity contribution in [3.05, 3.63) is 29.3 Å². The minimum absolute atomic E-state index is 0.0601. The van der Waals surface area contributed by atoms with E-state index in [0.717, 1.165) is 29.7 Å². The first kappa shape index (κ1) is 11.5. The highest BCUT2D eigenvalue weighted by atomic mass is 16.1. The fourth-order valence-electron chi connectivity index (χ4n) is 2.65. The number of carbonyl (C=O) groups excluding carboxylic acids is 2. The number of amides is 1. The van der Waals surface area contributed by atoms with Crippen LogP contribution in [0.15, 0.2) is 18.2 Å². The molecule has 1 aromatic carbocycles. The summed E-state index contributed by atoms with van der Waals surface area (Å²) in [4.78, 5) is 23.6. The molecule has 3 nitrogen and oxygen atoms in total. The van der Waals surface area contributed by atoms with Crippen LogP contribution < -0.4 is 5.32 Å². The van der Waals surface area contributed by atoms with Gasteiger partial charge < -0.3 is 5.32 Å². The highest BCUT2D eigenvalue weighted by molar-refractivity contribution is 6.01. The van der Waals surface area contributed by atoms with Crippen LogP contribution in [0.2, 0.25) is 0 Å².